The van der Waals surface area contributed by atoms with Crippen molar-refractivity contribution >= 4 is 39.6 Å². The average Bonchev–Trinajstić information content (AvgIpc) is 2.99. The molecule has 0 aromatic heterocycles. The lowest BCUT2D eigenvalue weighted by Gasteiger charge is -2.19. The van der Waals surface area contributed by atoms with Crippen LogP contribution >= 0.6 is 15.9 Å². The van der Waals surface area contributed by atoms with E-state index in [1.165, 1.54) is 5.56 Å². The third-order valence-corrected chi connectivity index (χ3v) is 7.49. The molecular weight excluding hydrogens is 634 g/mol. The van der Waals surface area contributed by atoms with E-state index in [9.17, 15) is 14.4 Å². The Labute approximate surface area is 268 Å². The molecule has 3 aromatic carbocycles. The molecule has 0 aliphatic heterocycles. The molecule has 0 saturated heterocycles. The van der Waals surface area contributed by atoms with E-state index in [1.807, 2.05) is 48.5 Å². The Morgan fingerprint density at radius 1 is 0.884 bits per heavy atom. The van der Waals surface area contributed by atoms with Gasteiger partial charge in [-0.3, -0.25) is 9.59 Å². The van der Waals surface area contributed by atoms with Gasteiger partial charge in [0, 0.05) is 28.6 Å². The number of aryl methyl sites for hydroxylation is 1. The number of hydrogen-bond acceptors (Lipinski definition) is 5. The summed E-state index contributed by atoms with van der Waals surface area (Å²) in [6.45, 7) is 3.07. The Kier molecular flexibility index (Phi) is 16.4. The molecule has 10 heteroatoms. The van der Waals surface area contributed by atoms with Crippen LogP contribution in [-0.2, 0) is 33.8 Å². The second-order valence-electron chi connectivity index (χ2n) is 10.2. The Morgan fingerprint density at radius 2 is 1.58 bits per heavy atom. The van der Waals surface area contributed by atoms with Crippen LogP contribution in [0.5, 0.6) is 5.75 Å². The minimum atomic E-state index is -0.817. The summed E-state index contributed by atoms with van der Waals surface area (Å²) in [6.07, 6.45) is 5.69. The Morgan fingerprint density at radius 3 is 2.26 bits per heavy atom. The third kappa shape index (κ3) is 13.2. The van der Waals surface area contributed by atoms with E-state index < -0.39 is 12.2 Å². The fourth-order valence-electron chi connectivity index (χ4n) is 4.29. The number of benzene rings is 3. The van der Waals surface area contributed by atoms with Crippen molar-refractivity contribution in [2.75, 3.05) is 11.9 Å². The molecule has 0 aliphatic rings. The third-order valence-electron chi connectivity index (χ3n) is 6.71. The van der Waals surface area contributed by atoms with E-state index in [2.05, 4.69) is 39.2 Å². The Hall–Kier alpha value is -3.40. The molecule has 5 N–H and O–H groups in total. The molecule has 0 bridgehead atoms. The topological polar surface area (TPSA) is 121 Å². The van der Waals surface area contributed by atoms with Crippen molar-refractivity contribution in [1.82, 2.24) is 5.32 Å². The molecule has 0 spiro atoms. The predicted molar refractivity (Wildman–Crippen MR) is 167 cm³/mol. The smallest absolute Gasteiger partial charge is 0.514 e. The number of anilines is 1. The van der Waals surface area contributed by atoms with Gasteiger partial charge in [-0.2, -0.15) is 0 Å². The number of nitrogens with one attached hydrogen (secondary N) is 2. The molecule has 0 fully saturated rings. The Balaban J connectivity index is 0.00000645. The number of carbonyl (C=O) groups is 3. The van der Waals surface area contributed by atoms with Gasteiger partial charge in [-0.05, 0) is 73.6 Å². The number of ether oxygens (including phenoxy) is 2. The van der Waals surface area contributed by atoms with Crippen molar-refractivity contribution in [2.45, 2.75) is 70.9 Å². The van der Waals surface area contributed by atoms with Crippen molar-refractivity contribution in [3.63, 3.8) is 0 Å². The van der Waals surface area contributed by atoms with Gasteiger partial charge in [-0.15, -0.1) is 0 Å². The van der Waals surface area contributed by atoms with Gasteiger partial charge in [-0.25, -0.2) is 4.79 Å². The molecule has 0 saturated carbocycles. The highest BCUT2D eigenvalue weighted by Crippen LogP contribution is 2.19. The summed E-state index contributed by atoms with van der Waals surface area (Å²) in [5.41, 5.74) is 7.37. The number of carbonyl (C=O) groups excluding carboxylic acids is 3. The summed E-state index contributed by atoms with van der Waals surface area (Å²) in [6, 6.07) is 21.3. The van der Waals surface area contributed by atoms with Crippen LogP contribution in [0.15, 0.2) is 77.3 Å². The number of hydrogen-bond donors (Lipinski definition) is 3. The van der Waals surface area contributed by atoms with E-state index in [-0.39, 0.29) is 37.2 Å². The van der Waals surface area contributed by atoms with Crippen LogP contribution < -0.4 is 33.5 Å². The monoisotopic (exact) mass is 673 g/mol. The van der Waals surface area contributed by atoms with Crippen molar-refractivity contribution in [2.24, 2.45) is 0 Å². The molecule has 0 aliphatic carbocycles. The van der Waals surface area contributed by atoms with Crippen molar-refractivity contribution < 1.29 is 42.0 Å². The molecule has 0 radical (unpaired) electrons. The fraction of sp³-hybridized carbons (Fsp3) is 0.364. The van der Waals surface area contributed by atoms with Crippen LogP contribution in [0.2, 0.25) is 0 Å². The van der Waals surface area contributed by atoms with E-state index in [0.29, 0.717) is 17.9 Å². The minimum absolute atomic E-state index is 0. The van der Waals surface area contributed by atoms with Gasteiger partial charge < -0.3 is 38.2 Å². The van der Waals surface area contributed by atoms with E-state index in [0.717, 1.165) is 60.7 Å². The Bertz CT molecular complexity index is 1290. The first kappa shape index (κ1) is 35.8. The van der Waals surface area contributed by atoms with Gasteiger partial charge in [0.1, 0.15) is 18.4 Å². The second-order valence-corrected chi connectivity index (χ2v) is 11.0. The highest BCUT2D eigenvalue weighted by atomic mass is 79.9. The lowest BCUT2D eigenvalue weighted by atomic mass is 10.0. The number of quaternary nitrogens is 1. The zero-order valence-corrected chi connectivity index (χ0v) is 26.9. The molecule has 8 nitrogen and oxygen atoms in total. The van der Waals surface area contributed by atoms with Crippen molar-refractivity contribution in [3.8, 4) is 5.75 Å². The summed E-state index contributed by atoms with van der Waals surface area (Å²) in [5, 5.41) is 5.85. The molecule has 0 unspecified atom stereocenters. The lowest BCUT2D eigenvalue weighted by Crippen LogP contribution is -3.00. The molecule has 43 heavy (non-hydrogen) atoms. The van der Waals surface area contributed by atoms with E-state index >= 15 is 0 Å². The maximum absolute atomic E-state index is 13.3. The highest BCUT2D eigenvalue weighted by molar-refractivity contribution is 9.10. The molecule has 3 rings (SSSR count). The quantitative estimate of drug-likeness (QED) is 0.123. The molecular formula is C33H41BrClN3O5. The number of amides is 2. The average molecular weight is 675 g/mol. The van der Waals surface area contributed by atoms with Gasteiger partial charge in [0.2, 0.25) is 11.8 Å². The maximum atomic E-state index is 13.3. The molecule has 1 atom stereocenters. The van der Waals surface area contributed by atoms with Crippen molar-refractivity contribution in [1.29, 1.82) is 0 Å². The van der Waals surface area contributed by atoms with Crippen molar-refractivity contribution in [3.05, 3.63) is 94.0 Å². The molecule has 0 heterocycles. The highest BCUT2D eigenvalue weighted by Gasteiger charge is 2.22. The van der Waals surface area contributed by atoms with Crippen LogP contribution in [0, 0.1) is 0 Å². The lowest BCUT2D eigenvalue weighted by molar-refractivity contribution is -0.368. The number of unbranched alkanes of at least 4 members (excludes halogenated alkanes) is 3. The molecule has 232 valence electrons. The largest absolute Gasteiger partial charge is 1.00 e. The standard InChI is InChI=1S/C33H40BrN3O5.ClH/c1-2-3-9-24-13-17-27(18-14-24)36-32(39)30(37-31(38)12-5-4-8-21-35)22-25-15-19-28(20-16-25)42-33(40)41-23-26-10-6-7-11-29(26)34;/h6-7,10-11,13-20,30H,2-5,8-9,12,21-23,35H2,1H3,(H,36,39)(H,37,38);1H/t30-;/m0./s1. The summed E-state index contributed by atoms with van der Waals surface area (Å²) < 4.78 is 11.4. The maximum Gasteiger partial charge on any atom is 0.514 e. The zero-order chi connectivity index (χ0) is 30.2. The normalized spacial score (nSPS) is 11.1. The van der Waals surface area contributed by atoms with Gasteiger partial charge in [0.05, 0.1) is 6.54 Å². The first-order chi connectivity index (χ1) is 20.4. The van der Waals surface area contributed by atoms with Gasteiger partial charge >= 0.3 is 6.16 Å². The second kappa shape index (κ2) is 19.7. The van der Waals surface area contributed by atoms with Crippen LogP contribution in [0.4, 0.5) is 10.5 Å². The first-order valence-corrected chi connectivity index (χ1v) is 15.3. The predicted octanol–water partition coefficient (Wildman–Crippen LogP) is 2.98. The number of rotatable bonds is 16. The molecule has 2 amide bonds. The summed E-state index contributed by atoms with van der Waals surface area (Å²) in [4.78, 5) is 38.2. The zero-order valence-electron chi connectivity index (χ0n) is 24.6. The first-order valence-electron chi connectivity index (χ1n) is 14.5. The van der Waals surface area contributed by atoms with Crippen LogP contribution in [0.1, 0.15) is 62.1 Å². The van der Waals surface area contributed by atoms with Gasteiger partial charge in [0.15, 0.2) is 0 Å². The van der Waals surface area contributed by atoms with Gasteiger partial charge in [0.25, 0.3) is 0 Å². The minimum Gasteiger partial charge on any atom is -1.00 e. The van der Waals surface area contributed by atoms with E-state index in [4.69, 9.17) is 9.47 Å². The van der Waals surface area contributed by atoms with Crippen LogP contribution in [-0.4, -0.2) is 30.6 Å². The summed E-state index contributed by atoms with van der Waals surface area (Å²) in [7, 11) is 0. The summed E-state index contributed by atoms with van der Waals surface area (Å²) >= 11 is 3.42. The SMILES string of the molecule is CCCCc1ccc(NC(=O)[C@H](Cc2ccc(OC(=O)OCc3ccccc3Br)cc2)NC(=O)CCCCC[NH3+])cc1.[Cl-]. The van der Waals surface area contributed by atoms with Crippen LogP contribution in [0.25, 0.3) is 0 Å². The fourth-order valence-corrected chi connectivity index (χ4v) is 4.69. The van der Waals surface area contributed by atoms with E-state index in [1.54, 1.807) is 24.3 Å². The van der Waals surface area contributed by atoms with Gasteiger partial charge in [-0.1, -0.05) is 71.7 Å². The number of halogens is 2. The van der Waals surface area contributed by atoms with Crippen LogP contribution in [0.3, 0.4) is 0 Å². The summed E-state index contributed by atoms with van der Waals surface area (Å²) in [5.74, 6) is -0.144. The molecule has 3 aromatic rings.